The average molecular weight is 520 g/mol. The third-order valence-electron chi connectivity index (χ3n) is 5.69. The Hall–Kier alpha value is -2.65. The van der Waals surface area contributed by atoms with E-state index in [0.29, 0.717) is 23.5 Å². The van der Waals surface area contributed by atoms with Gasteiger partial charge in [0.2, 0.25) is 0 Å². The number of sulfone groups is 1. The first-order valence-corrected chi connectivity index (χ1v) is 12.8. The SMILES string of the molecule is CCOc1ccc(/C(O)=C2\C(=O)C(=O)N(C3CCS(=O)(=O)C3)C2c2cccc(Br)c2)cc1. The van der Waals surface area contributed by atoms with Crippen LogP contribution < -0.4 is 4.74 Å². The first kappa shape index (κ1) is 22.5. The highest BCUT2D eigenvalue weighted by molar-refractivity contribution is 9.10. The minimum atomic E-state index is -3.29. The van der Waals surface area contributed by atoms with E-state index in [2.05, 4.69) is 15.9 Å². The number of ether oxygens (including phenoxy) is 1. The Morgan fingerprint density at radius 3 is 2.50 bits per heavy atom. The number of aliphatic hydroxyl groups excluding tert-OH is 1. The second kappa shape index (κ2) is 8.71. The van der Waals surface area contributed by atoms with Crippen LogP contribution in [-0.2, 0) is 19.4 Å². The third kappa shape index (κ3) is 4.19. The van der Waals surface area contributed by atoms with Gasteiger partial charge >= 0.3 is 0 Å². The van der Waals surface area contributed by atoms with Gasteiger partial charge in [0, 0.05) is 16.1 Å². The summed E-state index contributed by atoms with van der Waals surface area (Å²) in [6.07, 6.45) is 0.253. The van der Waals surface area contributed by atoms with Gasteiger partial charge in [-0.3, -0.25) is 9.59 Å². The fourth-order valence-corrected chi connectivity index (χ4v) is 6.38. The Kier molecular flexibility index (Phi) is 6.13. The number of nitrogens with zero attached hydrogens (tertiary/aromatic N) is 1. The van der Waals surface area contributed by atoms with Crippen LogP contribution in [0.5, 0.6) is 5.75 Å². The molecule has 2 heterocycles. The summed E-state index contributed by atoms with van der Waals surface area (Å²) >= 11 is 3.41. The zero-order valence-corrected chi connectivity index (χ0v) is 19.7. The summed E-state index contributed by atoms with van der Waals surface area (Å²) in [7, 11) is -3.29. The topological polar surface area (TPSA) is 101 Å². The van der Waals surface area contributed by atoms with E-state index in [-0.39, 0.29) is 29.3 Å². The zero-order valence-electron chi connectivity index (χ0n) is 17.3. The first-order valence-electron chi connectivity index (χ1n) is 10.2. The maximum absolute atomic E-state index is 13.1. The number of likely N-dealkylation sites (tertiary alicyclic amines) is 1. The summed E-state index contributed by atoms with van der Waals surface area (Å²) in [6, 6.07) is 12.1. The molecule has 2 unspecified atom stereocenters. The molecular formula is C23H22BrNO6S. The lowest BCUT2D eigenvalue weighted by atomic mass is 9.94. The van der Waals surface area contributed by atoms with Crippen LogP contribution in [0.1, 0.15) is 30.5 Å². The van der Waals surface area contributed by atoms with Gasteiger partial charge in [-0.2, -0.15) is 0 Å². The molecule has 0 spiro atoms. The van der Waals surface area contributed by atoms with Crippen molar-refractivity contribution in [2.75, 3.05) is 18.1 Å². The molecule has 4 rings (SSSR count). The highest BCUT2D eigenvalue weighted by atomic mass is 79.9. The summed E-state index contributed by atoms with van der Waals surface area (Å²) in [6.45, 7) is 2.35. The van der Waals surface area contributed by atoms with E-state index in [1.54, 1.807) is 42.5 Å². The molecule has 168 valence electrons. The van der Waals surface area contributed by atoms with Crippen molar-refractivity contribution in [2.24, 2.45) is 0 Å². The largest absolute Gasteiger partial charge is 0.507 e. The van der Waals surface area contributed by atoms with E-state index in [1.807, 2.05) is 13.0 Å². The number of rotatable bonds is 5. The molecule has 0 saturated carbocycles. The van der Waals surface area contributed by atoms with Gasteiger partial charge in [0.1, 0.15) is 11.5 Å². The molecule has 0 aromatic heterocycles. The smallest absolute Gasteiger partial charge is 0.295 e. The van der Waals surface area contributed by atoms with Gasteiger partial charge in [-0.25, -0.2) is 8.42 Å². The van der Waals surface area contributed by atoms with Crippen LogP contribution >= 0.6 is 15.9 Å². The Balaban J connectivity index is 1.85. The Morgan fingerprint density at radius 2 is 1.91 bits per heavy atom. The predicted octanol–water partition coefficient (Wildman–Crippen LogP) is 3.46. The molecule has 2 aliphatic heterocycles. The van der Waals surface area contributed by atoms with E-state index in [4.69, 9.17) is 4.74 Å². The number of ketones is 1. The van der Waals surface area contributed by atoms with Gasteiger partial charge in [-0.1, -0.05) is 28.1 Å². The third-order valence-corrected chi connectivity index (χ3v) is 7.93. The first-order chi connectivity index (χ1) is 15.2. The normalized spacial score (nSPS) is 24.1. The number of hydrogen-bond acceptors (Lipinski definition) is 6. The molecule has 2 fully saturated rings. The van der Waals surface area contributed by atoms with Crippen molar-refractivity contribution in [3.8, 4) is 5.75 Å². The molecule has 1 amide bonds. The molecule has 32 heavy (non-hydrogen) atoms. The van der Waals surface area contributed by atoms with Crippen molar-refractivity contribution >= 4 is 43.2 Å². The van der Waals surface area contributed by atoms with E-state index in [0.717, 1.165) is 4.47 Å². The van der Waals surface area contributed by atoms with Crippen LogP contribution in [0.4, 0.5) is 0 Å². The summed E-state index contributed by atoms with van der Waals surface area (Å²) < 4.78 is 30.4. The summed E-state index contributed by atoms with van der Waals surface area (Å²) in [5.41, 5.74) is 0.919. The predicted molar refractivity (Wildman–Crippen MR) is 123 cm³/mol. The van der Waals surface area contributed by atoms with E-state index in [1.165, 1.54) is 4.90 Å². The minimum Gasteiger partial charge on any atom is -0.507 e. The number of amides is 1. The van der Waals surface area contributed by atoms with E-state index in [9.17, 15) is 23.1 Å². The lowest BCUT2D eigenvalue weighted by Crippen LogP contribution is -2.40. The monoisotopic (exact) mass is 519 g/mol. The highest BCUT2D eigenvalue weighted by Crippen LogP contribution is 2.42. The number of halogens is 1. The standard InChI is InChI=1S/C23H22BrNO6S/c1-2-31-18-8-6-14(7-9-18)21(26)19-20(15-4-3-5-16(24)12-15)25(23(28)22(19)27)17-10-11-32(29,30)13-17/h3-9,12,17,20,26H,2,10-11,13H2,1H3/b21-19+. The van der Waals surface area contributed by atoms with Gasteiger partial charge in [-0.05, 0) is 55.3 Å². The van der Waals surface area contributed by atoms with Crippen LogP contribution in [0.3, 0.4) is 0 Å². The van der Waals surface area contributed by atoms with Gasteiger partial charge in [0.25, 0.3) is 11.7 Å². The molecule has 7 nitrogen and oxygen atoms in total. The van der Waals surface area contributed by atoms with Crippen LogP contribution in [0, 0.1) is 0 Å². The Bertz CT molecular complexity index is 1210. The molecule has 0 bridgehead atoms. The van der Waals surface area contributed by atoms with Crippen molar-refractivity contribution in [1.82, 2.24) is 4.90 Å². The molecular weight excluding hydrogens is 498 g/mol. The molecule has 2 aromatic carbocycles. The van der Waals surface area contributed by atoms with Gasteiger partial charge < -0.3 is 14.7 Å². The van der Waals surface area contributed by atoms with Gasteiger partial charge in [-0.15, -0.1) is 0 Å². The van der Waals surface area contributed by atoms with Crippen molar-refractivity contribution in [1.29, 1.82) is 0 Å². The number of carbonyl (C=O) groups is 2. The zero-order chi connectivity index (χ0) is 23.0. The maximum atomic E-state index is 13.1. The second-order valence-electron chi connectivity index (χ2n) is 7.78. The van der Waals surface area contributed by atoms with Gasteiger partial charge in [0.05, 0.1) is 29.7 Å². The second-order valence-corrected chi connectivity index (χ2v) is 10.9. The number of Topliss-reactive ketones (excluding diaryl/α,β-unsaturated/α-hetero) is 1. The number of carbonyl (C=O) groups excluding carboxylic acids is 2. The molecule has 0 radical (unpaired) electrons. The quantitative estimate of drug-likeness (QED) is 0.368. The molecule has 9 heteroatoms. The number of benzene rings is 2. The van der Waals surface area contributed by atoms with Crippen molar-refractivity contribution in [2.45, 2.75) is 25.4 Å². The molecule has 2 saturated heterocycles. The summed E-state index contributed by atoms with van der Waals surface area (Å²) in [5, 5.41) is 11.1. The highest BCUT2D eigenvalue weighted by Gasteiger charge is 2.50. The van der Waals surface area contributed by atoms with E-state index < -0.39 is 33.6 Å². The Morgan fingerprint density at radius 1 is 1.19 bits per heavy atom. The van der Waals surface area contributed by atoms with Crippen LogP contribution in [0.25, 0.3) is 5.76 Å². The summed E-state index contributed by atoms with van der Waals surface area (Å²) in [4.78, 5) is 27.5. The average Bonchev–Trinajstić information content (AvgIpc) is 3.24. The number of aliphatic hydroxyl groups is 1. The fourth-order valence-electron chi connectivity index (χ4n) is 4.26. The maximum Gasteiger partial charge on any atom is 0.295 e. The van der Waals surface area contributed by atoms with Crippen LogP contribution in [0.15, 0.2) is 58.6 Å². The number of hydrogen-bond donors (Lipinski definition) is 1. The molecule has 0 aliphatic carbocycles. The molecule has 2 atom stereocenters. The Labute approximate surface area is 194 Å². The van der Waals surface area contributed by atoms with Crippen LogP contribution in [0.2, 0.25) is 0 Å². The van der Waals surface area contributed by atoms with Gasteiger partial charge in [0.15, 0.2) is 9.84 Å². The van der Waals surface area contributed by atoms with E-state index >= 15 is 0 Å². The molecule has 1 N–H and O–H groups in total. The lowest BCUT2D eigenvalue weighted by Gasteiger charge is -2.30. The van der Waals surface area contributed by atoms with Crippen molar-refractivity contribution in [3.05, 3.63) is 69.7 Å². The minimum absolute atomic E-state index is 0.0369. The molecule has 2 aromatic rings. The fraction of sp³-hybridized carbons (Fsp3) is 0.304. The van der Waals surface area contributed by atoms with Crippen molar-refractivity contribution < 1.29 is 27.9 Å². The summed E-state index contributed by atoms with van der Waals surface area (Å²) in [5.74, 6) is -1.56. The molecule has 2 aliphatic rings. The van der Waals surface area contributed by atoms with Crippen LogP contribution in [-0.4, -0.2) is 54.3 Å². The lowest BCUT2D eigenvalue weighted by molar-refractivity contribution is -0.141. The van der Waals surface area contributed by atoms with Crippen molar-refractivity contribution in [3.63, 3.8) is 0 Å².